The van der Waals surface area contributed by atoms with Crippen molar-refractivity contribution in [2.75, 3.05) is 18.8 Å². The molecule has 2 amide bonds. The average Bonchev–Trinajstić information content (AvgIpc) is 3.54. The molecule has 0 spiro atoms. The molecule has 200 valence electrons. The minimum absolute atomic E-state index is 0.0377. The Kier molecular flexibility index (Phi) is 9.14. The molecule has 0 radical (unpaired) electrons. The second kappa shape index (κ2) is 11.9. The predicted molar refractivity (Wildman–Crippen MR) is 135 cm³/mol. The molecular formula is C26H45N3O5S. The number of carbonyl (C=O) groups excluding carboxylic acids is 2. The maximum Gasteiger partial charge on any atom is 0.225 e. The first-order valence-electron chi connectivity index (χ1n) is 13.9. The zero-order valence-corrected chi connectivity index (χ0v) is 22.4. The van der Waals surface area contributed by atoms with Crippen molar-refractivity contribution >= 4 is 21.7 Å². The number of amides is 2. The Morgan fingerprint density at radius 3 is 2.20 bits per heavy atom. The van der Waals surface area contributed by atoms with Gasteiger partial charge in [0.05, 0.1) is 23.1 Å². The van der Waals surface area contributed by atoms with Crippen LogP contribution in [0.5, 0.6) is 0 Å². The largest absolute Gasteiger partial charge is 0.353 e. The quantitative estimate of drug-likeness (QED) is 0.467. The topological polar surface area (TPSA) is 105 Å². The average molecular weight is 512 g/mol. The molecule has 9 heteroatoms. The Balaban J connectivity index is 1.14. The van der Waals surface area contributed by atoms with Crippen molar-refractivity contribution in [1.29, 1.82) is 0 Å². The Hall–Kier alpha value is -1.19. The third kappa shape index (κ3) is 7.65. The SMILES string of the molecule is CCN(CC1CC(C)ON1)C(=O)C1CCC(NC(=O)CC2CCC(S(=O)(=O)CC3CC3)CC2)CC1. The molecule has 8 nitrogen and oxygen atoms in total. The van der Waals surface area contributed by atoms with Crippen LogP contribution in [0.1, 0.15) is 90.9 Å². The minimum Gasteiger partial charge on any atom is -0.353 e. The van der Waals surface area contributed by atoms with Crippen LogP contribution < -0.4 is 10.8 Å². The van der Waals surface area contributed by atoms with E-state index in [1.807, 2.05) is 18.7 Å². The van der Waals surface area contributed by atoms with Crippen molar-refractivity contribution in [1.82, 2.24) is 15.7 Å². The van der Waals surface area contributed by atoms with E-state index in [1.165, 1.54) is 0 Å². The zero-order valence-electron chi connectivity index (χ0n) is 21.5. The first-order chi connectivity index (χ1) is 16.7. The summed E-state index contributed by atoms with van der Waals surface area (Å²) in [4.78, 5) is 33.1. The summed E-state index contributed by atoms with van der Waals surface area (Å²) >= 11 is 0. The molecule has 0 bridgehead atoms. The van der Waals surface area contributed by atoms with E-state index >= 15 is 0 Å². The molecule has 0 aromatic heterocycles. The van der Waals surface area contributed by atoms with Crippen molar-refractivity contribution in [3.8, 4) is 0 Å². The summed E-state index contributed by atoms with van der Waals surface area (Å²) in [5, 5.41) is 3.00. The minimum atomic E-state index is -2.97. The fourth-order valence-electron chi connectivity index (χ4n) is 6.20. The molecule has 1 aliphatic heterocycles. The van der Waals surface area contributed by atoms with E-state index in [2.05, 4.69) is 10.8 Å². The molecule has 0 aromatic carbocycles. The van der Waals surface area contributed by atoms with Crippen molar-refractivity contribution in [2.24, 2.45) is 17.8 Å². The molecule has 4 fully saturated rings. The highest BCUT2D eigenvalue weighted by Crippen LogP contribution is 2.36. The molecule has 4 aliphatic rings. The van der Waals surface area contributed by atoms with E-state index in [0.29, 0.717) is 44.0 Å². The molecule has 1 heterocycles. The van der Waals surface area contributed by atoms with Crippen LogP contribution in [0.2, 0.25) is 0 Å². The summed E-state index contributed by atoms with van der Waals surface area (Å²) < 4.78 is 25.1. The Bertz CT molecular complexity index is 830. The number of carbonyl (C=O) groups is 2. The van der Waals surface area contributed by atoms with Crippen molar-refractivity contribution in [2.45, 2.75) is 114 Å². The van der Waals surface area contributed by atoms with Gasteiger partial charge in [0.25, 0.3) is 0 Å². The van der Waals surface area contributed by atoms with Gasteiger partial charge in [-0.05, 0) is 96.3 Å². The maximum absolute atomic E-state index is 13.1. The van der Waals surface area contributed by atoms with Crippen LogP contribution in [0.25, 0.3) is 0 Å². The number of likely N-dealkylation sites (N-methyl/N-ethyl adjacent to an activating group) is 1. The van der Waals surface area contributed by atoms with Gasteiger partial charge in [0.1, 0.15) is 0 Å². The monoisotopic (exact) mass is 511 g/mol. The van der Waals surface area contributed by atoms with Gasteiger partial charge in [-0.3, -0.25) is 14.4 Å². The van der Waals surface area contributed by atoms with Crippen molar-refractivity contribution in [3.05, 3.63) is 0 Å². The Morgan fingerprint density at radius 2 is 1.63 bits per heavy atom. The molecular weight excluding hydrogens is 466 g/mol. The second-order valence-electron chi connectivity index (χ2n) is 11.6. The zero-order chi connectivity index (χ0) is 25.0. The summed E-state index contributed by atoms with van der Waals surface area (Å²) in [5.41, 5.74) is 3.04. The van der Waals surface area contributed by atoms with Crippen molar-refractivity contribution in [3.63, 3.8) is 0 Å². The summed E-state index contributed by atoms with van der Waals surface area (Å²) in [6.45, 7) is 5.44. The van der Waals surface area contributed by atoms with Crippen LogP contribution in [-0.4, -0.2) is 67.4 Å². The van der Waals surface area contributed by atoms with Gasteiger partial charge in [-0.25, -0.2) is 8.42 Å². The lowest BCUT2D eigenvalue weighted by atomic mass is 9.84. The fraction of sp³-hybridized carbons (Fsp3) is 0.923. The predicted octanol–water partition coefficient (Wildman–Crippen LogP) is 2.97. The Morgan fingerprint density at radius 1 is 0.971 bits per heavy atom. The van der Waals surface area contributed by atoms with E-state index < -0.39 is 9.84 Å². The molecule has 4 rings (SSSR count). The first kappa shape index (κ1) is 26.9. The fourth-order valence-corrected chi connectivity index (χ4v) is 8.45. The molecule has 2 atom stereocenters. The van der Waals surface area contributed by atoms with Gasteiger partial charge in [0.15, 0.2) is 9.84 Å². The van der Waals surface area contributed by atoms with Gasteiger partial charge in [-0.2, -0.15) is 5.48 Å². The van der Waals surface area contributed by atoms with Gasteiger partial charge >= 0.3 is 0 Å². The second-order valence-corrected chi connectivity index (χ2v) is 13.9. The van der Waals surface area contributed by atoms with Gasteiger partial charge in [0.2, 0.25) is 11.8 Å². The number of hydrogen-bond donors (Lipinski definition) is 2. The summed E-state index contributed by atoms with van der Waals surface area (Å²) in [6.07, 6.45) is 10.1. The summed E-state index contributed by atoms with van der Waals surface area (Å²) in [6, 6.07) is 0.334. The highest BCUT2D eigenvalue weighted by Gasteiger charge is 2.36. The van der Waals surface area contributed by atoms with Crippen LogP contribution in [0.4, 0.5) is 0 Å². The van der Waals surface area contributed by atoms with Gasteiger partial charge < -0.3 is 10.2 Å². The van der Waals surface area contributed by atoms with Gasteiger partial charge in [0, 0.05) is 31.5 Å². The van der Waals surface area contributed by atoms with Gasteiger partial charge in [-0.15, -0.1) is 0 Å². The van der Waals surface area contributed by atoms with Crippen LogP contribution in [0.3, 0.4) is 0 Å². The first-order valence-corrected chi connectivity index (χ1v) is 15.7. The van der Waals surface area contributed by atoms with Gasteiger partial charge in [-0.1, -0.05) is 0 Å². The van der Waals surface area contributed by atoms with Crippen LogP contribution in [0.15, 0.2) is 0 Å². The number of sulfone groups is 1. The lowest BCUT2D eigenvalue weighted by Gasteiger charge is -2.33. The van der Waals surface area contributed by atoms with Crippen molar-refractivity contribution < 1.29 is 22.8 Å². The summed E-state index contributed by atoms with van der Waals surface area (Å²) in [7, 11) is -2.97. The van der Waals surface area contributed by atoms with E-state index in [1.54, 1.807) is 0 Å². The van der Waals surface area contributed by atoms with E-state index in [9.17, 15) is 18.0 Å². The highest BCUT2D eigenvalue weighted by molar-refractivity contribution is 7.92. The van der Waals surface area contributed by atoms with E-state index in [4.69, 9.17) is 4.84 Å². The number of hydroxylamine groups is 1. The van der Waals surface area contributed by atoms with E-state index in [0.717, 1.165) is 57.8 Å². The number of nitrogens with zero attached hydrogens (tertiary/aromatic N) is 1. The normalized spacial score (nSPS) is 33.9. The number of hydrogen-bond acceptors (Lipinski definition) is 6. The number of rotatable bonds is 10. The summed E-state index contributed by atoms with van der Waals surface area (Å²) in [5.74, 6) is 1.41. The maximum atomic E-state index is 13.1. The van der Waals surface area contributed by atoms with Crippen LogP contribution in [-0.2, 0) is 24.3 Å². The number of nitrogens with one attached hydrogen (secondary N) is 2. The molecule has 3 aliphatic carbocycles. The third-order valence-electron chi connectivity index (χ3n) is 8.57. The molecule has 2 unspecified atom stereocenters. The van der Waals surface area contributed by atoms with Crippen LogP contribution in [0, 0.1) is 17.8 Å². The lowest BCUT2D eigenvalue weighted by Crippen LogP contribution is -2.46. The molecule has 0 aromatic rings. The Labute approximate surface area is 211 Å². The van der Waals surface area contributed by atoms with E-state index in [-0.39, 0.29) is 47.1 Å². The lowest BCUT2D eigenvalue weighted by molar-refractivity contribution is -0.137. The third-order valence-corrected chi connectivity index (χ3v) is 11.0. The highest BCUT2D eigenvalue weighted by atomic mass is 32.2. The molecule has 1 saturated heterocycles. The standard InChI is InChI=1S/C26H45N3O5S/c1-3-29(16-23-14-18(2)34-28-23)26(31)21-8-10-22(11-9-21)27-25(30)15-19-6-12-24(13-7-19)35(32,33)17-20-4-5-20/h18-24,28H,3-17H2,1-2H3,(H,27,30). The molecule has 3 saturated carbocycles. The smallest absolute Gasteiger partial charge is 0.225 e. The van der Waals surface area contributed by atoms with Crippen LogP contribution >= 0.6 is 0 Å². The molecule has 2 N–H and O–H groups in total. The molecule has 35 heavy (non-hydrogen) atoms.